The molecular formula is C15H21N3. The third-order valence-corrected chi connectivity index (χ3v) is 2.95. The second-order valence-corrected chi connectivity index (χ2v) is 5.32. The molecule has 96 valence electrons. The standard InChI is InChI=1S/C15H21N3/c1-10(2)9-11(3)16-15-12(4)17-13-7-5-6-8-14(13)18-15/h5-8,10-11H,9H2,1-4H3,(H,16,18). The monoisotopic (exact) mass is 243 g/mol. The first-order chi connectivity index (χ1) is 8.56. The first-order valence-electron chi connectivity index (χ1n) is 6.56. The highest BCUT2D eigenvalue weighted by atomic mass is 15.0. The Hall–Kier alpha value is -1.64. The fourth-order valence-corrected chi connectivity index (χ4v) is 2.22. The molecule has 0 fully saturated rings. The number of anilines is 1. The zero-order valence-electron chi connectivity index (χ0n) is 11.6. The average molecular weight is 243 g/mol. The SMILES string of the molecule is Cc1nc2ccccc2nc1NC(C)CC(C)C. The van der Waals surface area contributed by atoms with Crippen LogP contribution < -0.4 is 5.32 Å². The van der Waals surface area contributed by atoms with Crippen molar-refractivity contribution in [1.82, 2.24) is 9.97 Å². The zero-order valence-corrected chi connectivity index (χ0v) is 11.6. The summed E-state index contributed by atoms with van der Waals surface area (Å²) in [6.45, 7) is 8.66. The van der Waals surface area contributed by atoms with Gasteiger partial charge in [0.15, 0.2) is 0 Å². The maximum absolute atomic E-state index is 4.65. The van der Waals surface area contributed by atoms with Gasteiger partial charge in [0, 0.05) is 6.04 Å². The number of aryl methyl sites for hydroxylation is 1. The minimum atomic E-state index is 0.416. The molecule has 3 nitrogen and oxygen atoms in total. The topological polar surface area (TPSA) is 37.8 Å². The van der Waals surface area contributed by atoms with Gasteiger partial charge >= 0.3 is 0 Å². The predicted molar refractivity (Wildman–Crippen MR) is 76.8 cm³/mol. The Kier molecular flexibility index (Phi) is 3.80. The van der Waals surface area contributed by atoms with Gasteiger partial charge in [0.25, 0.3) is 0 Å². The number of rotatable bonds is 4. The molecule has 0 saturated heterocycles. The van der Waals surface area contributed by atoms with E-state index in [2.05, 4.69) is 36.1 Å². The van der Waals surface area contributed by atoms with Crippen molar-refractivity contribution in [2.24, 2.45) is 5.92 Å². The summed E-state index contributed by atoms with van der Waals surface area (Å²) >= 11 is 0. The molecule has 18 heavy (non-hydrogen) atoms. The van der Waals surface area contributed by atoms with E-state index in [1.807, 2.05) is 31.2 Å². The fourth-order valence-electron chi connectivity index (χ4n) is 2.22. The first-order valence-corrected chi connectivity index (χ1v) is 6.56. The number of para-hydroxylation sites is 2. The van der Waals surface area contributed by atoms with Crippen LogP contribution in [0, 0.1) is 12.8 Å². The van der Waals surface area contributed by atoms with E-state index < -0.39 is 0 Å². The van der Waals surface area contributed by atoms with Crippen LogP contribution in [0.3, 0.4) is 0 Å². The molecule has 0 amide bonds. The van der Waals surface area contributed by atoms with E-state index in [4.69, 9.17) is 0 Å². The lowest BCUT2D eigenvalue weighted by atomic mass is 10.1. The maximum Gasteiger partial charge on any atom is 0.148 e. The Morgan fingerprint density at radius 3 is 2.28 bits per heavy atom. The van der Waals surface area contributed by atoms with Crippen molar-refractivity contribution in [2.45, 2.75) is 40.2 Å². The van der Waals surface area contributed by atoms with E-state index in [0.29, 0.717) is 12.0 Å². The lowest BCUT2D eigenvalue weighted by molar-refractivity contribution is 0.538. The minimum Gasteiger partial charge on any atom is -0.366 e. The van der Waals surface area contributed by atoms with Gasteiger partial charge in [0.05, 0.1) is 16.7 Å². The normalized spacial score (nSPS) is 12.9. The molecule has 0 aliphatic carbocycles. The average Bonchev–Trinajstić information content (AvgIpc) is 2.29. The van der Waals surface area contributed by atoms with Crippen molar-refractivity contribution in [2.75, 3.05) is 5.32 Å². The highest BCUT2D eigenvalue weighted by molar-refractivity contribution is 5.76. The summed E-state index contributed by atoms with van der Waals surface area (Å²) in [7, 11) is 0. The molecule has 0 spiro atoms. The van der Waals surface area contributed by atoms with E-state index in [-0.39, 0.29) is 0 Å². The van der Waals surface area contributed by atoms with Crippen LogP contribution in [-0.4, -0.2) is 16.0 Å². The van der Waals surface area contributed by atoms with E-state index in [9.17, 15) is 0 Å². The molecule has 1 unspecified atom stereocenters. The van der Waals surface area contributed by atoms with Crippen LogP contribution in [0.25, 0.3) is 11.0 Å². The zero-order chi connectivity index (χ0) is 13.1. The number of fused-ring (bicyclic) bond motifs is 1. The second kappa shape index (κ2) is 5.34. The smallest absolute Gasteiger partial charge is 0.148 e. The summed E-state index contributed by atoms with van der Waals surface area (Å²) in [5, 5.41) is 3.46. The molecule has 1 atom stereocenters. The Labute approximate surface area is 109 Å². The van der Waals surface area contributed by atoms with Gasteiger partial charge < -0.3 is 5.32 Å². The van der Waals surface area contributed by atoms with Crippen molar-refractivity contribution in [3.8, 4) is 0 Å². The summed E-state index contributed by atoms with van der Waals surface area (Å²) in [4.78, 5) is 9.23. The van der Waals surface area contributed by atoms with Crippen molar-refractivity contribution >= 4 is 16.9 Å². The molecule has 1 aromatic heterocycles. The van der Waals surface area contributed by atoms with Crippen molar-refractivity contribution in [3.05, 3.63) is 30.0 Å². The molecule has 3 heteroatoms. The molecule has 0 bridgehead atoms. The van der Waals surface area contributed by atoms with E-state index in [1.54, 1.807) is 0 Å². The number of hydrogen-bond acceptors (Lipinski definition) is 3. The van der Waals surface area contributed by atoms with Crippen molar-refractivity contribution in [3.63, 3.8) is 0 Å². The molecule has 0 aliphatic heterocycles. The summed E-state index contributed by atoms with van der Waals surface area (Å²) in [5.41, 5.74) is 2.86. The van der Waals surface area contributed by atoms with Gasteiger partial charge in [-0.2, -0.15) is 0 Å². The van der Waals surface area contributed by atoms with Gasteiger partial charge in [0.1, 0.15) is 5.82 Å². The van der Waals surface area contributed by atoms with Crippen LogP contribution in [0.15, 0.2) is 24.3 Å². The first kappa shape index (κ1) is 12.8. The third-order valence-electron chi connectivity index (χ3n) is 2.95. The minimum absolute atomic E-state index is 0.416. The van der Waals surface area contributed by atoms with Crippen LogP contribution in [-0.2, 0) is 0 Å². The summed E-state index contributed by atoms with van der Waals surface area (Å²) in [5.74, 6) is 1.59. The van der Waals surface area contributed by atoms with Crippen molar-refractivity contribution in [1.29, 1.82) is 0 Å². The molecule has 0 radical (unpaired) electrons. The predicted octanol–water partition coefficient (Wildman–Crippen LogP) is 3.78. The number of nitrogens with zero attached hydrogens (tertiary/aromatic N) is 2. The number of hydrogen-bond donors (Lipinski definition) is 1. The highest BCUT2D eigenvalue weighted by Gasteiger charge is 2.09. The van der Waals surface area contributed by atoms with Crippen LogP contribution in [0.1, 0.15) is 32.9 Å². The summed E-state index contributed by atoms with van der Waals surface area (Å²) < 4.78 is 0. The van der Waals surface area contributed by atoms with Crippen molar-refractivity contribution < 1.29 is 0 Å². The third kappa shape index (κ3) is 2.97. The van der Waals surface area contributed by atoms with Gasteiger partial charge in [-0.25, -0.2) is 9.97 Å². The van der Waals surface area contributed by atoms with Crippen LogP contribution >= 0.6 is 0 Å². The molecule has 1 heterocycles. The van der Waals surface area contributed by atoms with E-state index in [0.717, 1.165) is 29.0 Å². The van der Waals surface area contributed by atoms with Gasteiger partial charge in [-0.05, 0) is 38.3 Å². The number of benzene rings is 1. The molecule has 1 aromatic carbocycles. The molecule has 2 aromatic rings. The summed E-state index contributed by atoms with van der Waals surface area (Å²) in [6, 6.07) is 8.40. The lowest BCUT2D eigenvalue weighted by Gasteiger charge is -2.17. The molecule has 2 rings (SSSR count). The molecule has 0 aliphatic rings. The Balaban J connectivity index is 2.25. The lowest BCUT2D eigenvalue weighted by Crippen LogP contribution is -2.19. The Morgan fingerprint density at radius 2 is 1.67 bits per heavy atom. The largest absolute Gasteiger partial charge is 0.366 e. The van der Waals surface area contributed by atoms with Crippen LogP contribution in [0.5, 0.6) is 0 Å². The molecule has 0 saturated carbocycles. The van der Waals surface area contributed by atoms with Gasteiger partial charge in [-0.3, -0.25) is 0 Å². The van der Waals surface area contributed by atoms with Gasteiger partial charge in [-0.15, -0.1) is 0 Å². The number of aromatic nitrogens is 2. The summed E-state index contributed by atoms with van der Waals surface area (Å²) in [6.07, 6.45) is 1.13. The van der Waals surface area contributed by atoms with Gasteiger partial charge in [0.2, 0.25) is 0 Å². The van der Waals surface area contributed by atoms with Crippen LogP contribution in [0.4, 0.5) is 5.82 Å². The fraction of sp³-hybridized carbons (Fsp3) is 0.467. The van der Waals surface area contributed by atoms with Crippen LogP contribution in [0.2, 0.25) is 0 Å². The second-order valence-electron chi connectivity index (χ2n) is 5.32. The quantitative estimate of drug-likeness (QED) is 0.888. The number of nitrogens with one attached hydrogen (secondary N) is 1. The Bertz CT molecular complexity index is 534. The highest BCUT2D eigenvalue weighted by Crippen LogP contribution is 2.18. The molecular weight excluding hydrogens is 222 g/mol. The van der Waals surface area contributed by atoms with E-state index >= 15 is 0 Å². The van der Waals surface area contributed by atoms with E-state index in [1.165, 1.54) is 0 Å². The Morgan fingerprint density at radius 1 is 1.06 bits per heavy atom. The van der Waals surface area contributed by atoms with Gasteiger partial charge in [-0.1, -0.05) is 26.0 Å². The molecule has 1 N–H and O–H groups in total. The maximum atomic E-state index is 4.65.